The van der Waals surface area contributed by atoms with Crippen LogP contribution < -0.4 is 0 Å². The van der Waals surface area contributed by atoms with Gasteiger partial charge >= 0.3 is 0 Å². The van der Waals surface area contributed by atoms with Gasteiger partial charge in [-0.2, -0.15) is 0 Å². The first-order valence-electron chi connectivity index (χ1n) is 18.2. The number of nitrogens with zero attached hydrogens (tertiary/aromatic N) is 2. The molecule has 54 heavy (non-hydrogen) atoms. The Labute approximate surface area is 318 Å². The standard InChI is InChI=1S/C50H28N2S2/c1-2-12-29(13-3-1)30-22-24-31(25-23-30)46-47(51-48-38-20-10-11-21-41(38)54-50(48)52-46)40-27-34-16-6-7-17-35(34)43-36-18-8-9-19-37(36)44-39-26-32-14-4-5-15-33(32)28-42(39)53-49(44)45(40)43/h1-28H. The van der Waals surface area contributed by atoms with Gasteiger partial charge < -0.3 is 0 Å². The van der Waals surface area contributed by atoms with Crippen LogP contribution in [0.2, 0.25) is 0 Å². The van der Waals surface area contributed by atoms with Crippen LogP contribution in [0.15, 0.2) is 170 Å². The zero-order valence-corrected chi connectivity index (χ0v) is 30.5. The van der Waals surface area contributed by atoms with Crippen LogP contribution in [0.1, 0.15) is 0 Å². The third-order valence-corrected chi connectivity index (χ3v) is 13.3. The molecule has 0 radical (unpaired) electrons. The number of rotatable bonds is 3. The number of hydrogen-bond donors (Lipinski definition) is 0. The predicted octanol–water partition coefficient (Wildman–Crippen LogP) is 14.8. The van der Waals surface area contributed by atoms with Crippen molar-refractivity contribution in [1.29, 1.82) is 0 Å². The zero-order chi connectivity index (χ0) is 35.3. The van der Waals surface area contributed by atoms with E-state index >= 15 is 0 Å². The Bertz CT molecular complexity index is 3490. The summed E-state index contributed by atoms with van der Waals surface area (Å²) in [5.74, 6) is 0. The van der Waals surface area contributed by atoms with Crippen molar-refractivity contribution in [2.45, 2.75) is 0 Å². The number of aromatic nitrogens is 2. The summed E-state index contributed by atoms with van der Waals surface area (Å²) in [5.41, 5.74) is 7.31. The highest BCUT2D eigenvalue weighted by atomic mass is 32.1. The Morgan fingerprint density at radius 2 is 0.963 bits per heavy atom. The summed E-state index contributed by atoms with van der Waals surface area (Å²) in [6, 6.07) is 61.7. The summed E-state index contributed by atoms with van der Waals surface area (Å²) in [6.07, 6.45) is 0. The van der Waals surface area contributed by atoms with E-state index in [0.717, 1.165) is 38.2 Å². The molecule has 0 aliphatic rings. The largest absolute Gasteiger partial charge is 0.242 e. The first-order valence-corrected chi connectivity index (χ1v) is 19.9. The number of hydrogen-bond acceptors (Lipinski definition) is 4. The van der Waals surface area contributed by atoms with E-state index in [4.69, 9.17) is 9.97 Å². The minimum absolute atomic E-state index is 0.901. The van der Waals surface area contributed by atoms with Gasteiger partial charge in [0.2, 0.25) is 0 Å². The number of benzene rings is 9. The van der Waals surface area contributed by atoms with Crippen LogP contribution in [-0.4, -0.2) is 9.97 Å². The second-order valence-corrected chi connectivity index (χ2v) is 16.1. The van der Waals surface area contributed by atoms with E-state index in [2.05, 4.69) is 170 Å². The normalized spacial score (nSPS) is 12.1. The highest BCUT2D eigenvalue weighted by Gasteiger charge is 2.24. The maximum absolute atomic E-state index is 5.69. The van der Waals surface area contributed by atoms with E-state index < -0.39 is 0 Å². The average molecular weight is 721 g/mol. The van der Waals surface area contributed by atoms with Gasteiger partial charge in [-0.25, -0.2) is 9.97 Å². The van der Waals surface area contributed by atoms with Gasteiger partial charge in [0.05, 0.1) is 11.4 Å². The maximum atomic E-state index is 5.69. The molecule has 0 bridgehead atoms. The van der Waals surface area contributed by atoms with Gasteiger partial charge in [-0.3, -0.25) is 0 Å². The second-order valence-electron chi connectivity index (χ2n) is 14.1. The first kappa shape index (κ1) is 30.0. The summed E-state index contributed by atoms with van der Waals surface area (Å²) in [4.78, 5) is 12.2. The van der Waals surface area contributed by atoms with Gasteiger partial charge in [-0.05, 0) is 73.1 Å². The van der Waals surface area contributed by atoms with E-state index in [1.54, 1.807) is 11.3 Å². The Kier molecular flexibility index (Phi) is 6.41. The summed E-state index contributed by atoms with van der Waals surface area (Å²) >= 11 is 3.62. The van der Waals surface area contributed by atoms with Gasteiger partial charge in [0.25, 0.3) is 0 Å². The van der Waals surface area contributed by atoms with Crippen molar-refractivity contribution in [3.05, 3.63) is 170 Å². The molecule has 12 aromatic rings. The summed E-state index contributed by atoms with van der Waals surface area (Å²) in [6.45, 7) is 0. The first-order chi connectivity index (χ1) is 26.8. The van der Waals surface area contributed by atoms with E-state index in [0.29, 0.717) is 0 Å². The van der Waals surface area contributed by atoms with E-state index in [-0.39, 0.29) is 0 Å². The molecule has 3 aromatic heterocycles. The molecule has 9 aromatic carbocycles. The fourth-order valence-electron chi connectivity index (χ4n) is 8.56. The highest BCUT2D eigenvalue weighted by molar-refractivity contribution is 7.27. The molecule has 2 nitrogen and oxygen atoms in total. The second kappa shape index (κ2) is 11.5. The molecular weight excluding hydrogens is 693 g/mol. The van der Waals surface area contributed by atoms with E-state index in [9.17, 15) is 0 Å². The van der Waals surface area contributed by atoms with Crippen molar-refractivity contribution in [3.8, 4) is 33.6 Å². The molecule has 0 atom stereocenters. The topological polar surface area (TPSA) is 25.8 Å². The van der Waals surface area contributed by atoms with Crippen molar-refractivity contribution in [3.63, 3.8) is 0 Å². The summed E-state index contributed by atoms with van der Waals surface area (Å²) in [5, 5.41) is 13.8. The van der Waals surface area contributed by atoms with E-state index in [1.165, 1.54) is 79.1 Å². The minimum Gasteiger partial charge on any atom is -0.242 e. The van der Waals surface area contributed by atoms with E-state index in [1.807, 2.05) is 11.3 Å². The molecular formula is C50H28N2S2. The van der Waals surface area contributed by atoms with Gasteiger partial charge in [-0.15, -0.1) is 22.7 Å². The van der Waals surface area contributed by atoms with Gasteiger partial charge in [0.1, 0.15) is 10.3 Å². The third kappa shape index (κ3) is 4.38. The van der Waals surface area contributed by atoms with Gasteiger partial charge in [-0.1, -0.05) is 146 Å². The lowest BCUT2D eigenvalue weighted by Gasteiger charge is -2.17. The third-order valence-electron chi connectivity index (χ3n) is 11.0. The molecule has 0 fully saturated rings. The quantitative estimate of drug-likeness (QED) is 0.170. The summed E-state index contributed by atoms with van der Waals surface area (Å²) in [7, 11) is 0. The Hall–Kier alpha value is -6.46. The predicted molar refractivity (Wildman–Crippen MR) is 234 cm³/mol. The Balaban J connectivity index is 1.26. The Morgan fingerprint density at radius 3 is 1.76 bits per heavy atom. The molecule has 0 aliphatic heterocycles. The van der Waals surface area contributed by atoms with Crippen molar-refractivity contribution in [2.75, 3.05) is 0 Å². The molecule has 0 saturated carbocycles. The van der Waals surface area contributed by atoms with Crippen molar-refractivity contribution in [1.82, 2.24) is 9.97 Å². The van der Waals surface area contributed by atoms with Crippen molar-refractivity contribution >= 4 is 106 Å². The highest BCUT2D eigenvalue weighted by Crippen LogP contribution is 2.51. The lowest BCUT2D eigenvalue weighted by atomic mass is 9.88. The lowest BCUT2D eigenvalue weighted by Crippen LogP contribution is -1.96. The number of thiophene rings is 2. The molecule has 3 heterocycles. The molecule has 250 valence electrons. The van der Waals surface area contributed by atoms with Crippen LogP contribution >= 0.6 is 22.7 Å². The number of fused-ring (bicyclic) bond motifs is 14. The SMILES string of the molecule is c1ccc(-c2ccc(-c3nc4sc5ccccc5c4nc3-c3cc4ccccc4c4c5ccccc5c5c6cc7ccccc7cc6sc5c34)cc2)cc1. The Morgan fingerprint density at radius 1 is 0.352 bits per heavy atom. The molecule has 0 spiro atoms. The monoisotopic (exact) mass is 720 g/mol. The zero-order valence-electron chi connectivity index (χ0n) is 28.9. The van der Waals surface area contributed by atoms with Gasteiger partial charge in [0, 0.05) is 46.8 Å². The lowest BCUT2D eigenvalue weighted by molar-refractivity contribution is 1.32. The average Bonchev–Trinajstić information content (AvgIpc) is 3.80. The van der Waals surface area contributed by atoms with Crippen molar-refractivity contribution in [2.24, 2.45) is 0 Å². The van der Waals surface area contributed by atoms with Crippen molar-refractivity contribution < 1.29 is 0 Å². The molecule has 4 heteroatoms. The smallest absolute Gasteiger partial charge is 0.143 e. The van der Waals surface area contributed by atoms with Crippen LogP contribution in [0.4, 0.5) is 0 Å². The molecule has 0 amide bonds. The summed E-state index contributed by atoms with van der Waals surface area (Å²) < 4.78 is 3.78. The minimum atomic E-state index is 0.901. The maximum Gasteiger partial charge on any atom is 0.143 e. The van der Waals surface area contributed by atoms with Gasteiger partial charge in [0.15, 0.2) is 0 Å². The van der Waals surface area contributed by atoms with Crippen LogP contribution in [0, 0.1) is 0 Å². The molecule has 12 rings (SSSR count). The molecule has 0 aliphatic carbocycles. The fourth-order valence-corrected chi connectivity index (χ4v) is 10.9. The molecule has 0 N–H and O–H groups in total. The van der Waals surface area contributed by atoms with Crippen LogP contribution in [0.5, 0.6) is 0 Å². The fraction of sp³-hybridized carbons (Fsp3) is 0. The van der Waals surface area contributed by atoms with Crippen LogP contribution in [0.25, 0.3) is 117 Å². The van der Waals surface area contributed by atoms with Crippen LogP contribution in [-0.2, 0) is 0 Å². The van der Waals surface area contributed by atoms with Crippen LogP contribution in [0.3, 0.4) is 0 Å². The molecule has 0 unspecified atom stereocenters. The molecule has 0 saturated heterocycles.